The van der Waals surface area contributed by atoms with Crippen LogP contribution in [0.1, 0.15) is 12.7 Å². The molecule has 0 fully saturated rings. The summed E-state index contributed by atoms with van der Waals surface area (Å²) in [4.78, 5) is 35.6. The first kappa shape index (κ1) is 55.6. The molecule has 0 aliphatic rings. The topological polar surface area (TPSA) is 156 Å². The van der Waals surface area contributed by atoms with Gasteiger partial charge in [0, 0.05) is 40.9 Å². The summed E-state index contributed by atoms with van der Waals surface area (Å²) in [5, 5.41) is 21.8. The van der Waals surface area contributed by atoms with Crippen molar-refractivity contribution in [2.75, 3.05) is 11.9 Å². The van der Waals surface area contributed by atoms with Gasteiger partial charge in [-0.15, -0.1) is 60.1 Å². The van der Waals surface area contributed by atoms with Gasteiger partial charge in [-0.05, 0) is 55.8 Å². The van der Waals surface area contributed by atoms with Crippen LogP contribution >= 0.6 is 86.4 Å². The van der Waals surface area contributed by atoms with Gasteiger partial charge in [0.05, 0.1) is 28.9 Å². The Kier molecular flexibility index (Phi) is 35.1. The van der Waals surface area contributed by atoms with Crippen LogP contribution in [0, 0.1) is 38.5 Å². The van der Waals surface area contributed by atoms with E-state index in [1.807, 2.05) is 38.1 Å². The molecule has 0 aliphatic heterocycles. The molecular formula is C33H27BBr4Cl2Cs2N6O5. The van der Waals surface area contributed by atoms with E-state index < -0.39 is 0 Å². The van der Waals surface area contributed by atoms with E-state index in [2.05, 4.69) is 110 Å². The Labute approximate surface area is 470 Å². The average molecular weight is 1250 g/mol. The normalized spacial score (nSPS) is 8.81. The van der Waals surface area contributed by atoms with Gasteiger partial charge >= 0.3 is 141 Å². The molecular weight excluding hydrogens is 1230 g/mol. The van der Waals surface area contributed by atoms with Gasteiger partial charge in [-0.25, -0.2) is 15.0 Å². The van der Waals surface area contributed by atoms with E-state index in [0.29, 0.717) is 26.9 Å². The van der Waals surface area contributed by atoms with Gasteiger partial charge in [0.15, 0.2) is 10.3 Å². The van der Waals surface area contributed by atoms with E-state index >= 15 is 0 Å². The van der Waals surface area contributed by atoms with Gasteiger partial charge in [-0.2, -0.15) is 0 Å². The van der Waals surface area contributed by atoms with Crippen molar-refractivity contribution >= 4 is 129 Å². The zero-order valence-corrected chi connectivity index (χ0v) is 49.1. The van der Waals surface area contributed by atoms with E-state index in [9.17, 15) is 0 Å². The SMILES string of the molecule is BrB(Br)Br.C#CCBr.C#CCOc1cnc2c(C)nccc2c1.Cc1cnc2c(Cl)nccc2c1.O=CO[O-].Oc1cnc2c(Cl)nccc2c1.[Cs+].[Cs+].[H-]. The third-order valence-electron chi connectivity index (χ3n) is 5.43. The average Bonchev–Trinajstić information content (AvgIpc) is 3.11. The number of fused-ring (bicyclic) bond motifs is 3. The summed E-state index contributed by atoms with van der Waals surface area (Å²) in [5.41, 5.74) is 4.31. The maximum Gasteiger partial charge on any atom is 1.00 e. The number of hydrogen-bond donors (Lipinski definition) is 1. The molecule has 0 radical (unpaired) electrons. The molecule has 266 valence electrons. The number of pyridine rings is 6. The number of aromatic hydroxyl groups is 1. The summed E-state index contributed by atoms with van der Waals surface area (Å²) in [5.74, 6) is 5.58. The molecule has 0 atom stereocenters. The predicted octanol–water partition coefficient (Wildman–Crippen LogP) is 2.26. The number of rotatable bonds is 3. The number of alkyl halides is 1. The molecule has 0 aromatic carbocycles. The van der Waals surface area contributed by atoms with Gasteiger partial charge in [0.25, 0.3) is 6.47 Å². The standard InChI is InChI=1S/C12H10N2O.C9H7ClN2.C8H5ClN2O.C3H3Br.CH2O3.BBr3.2Cs.H/c1-3-6-15-11-7-10-4-5-13-9(2)12(10)14-8-11;1-6-4-7-2-3-11-9(10)8(7)12-5-6;9-8-7-5(1-2-10-8)3-6(12)4-11-7;1-2-3-4;2-1-4-3;2-1(3)4;;;/h1,4-5,7-8H,6H2,2H3;2-5H,1H3;1-4,12H;1H,3H2;1,3H;;;;/q;;;;;;2*+1;-1/p-1. The number of halogens is 6. The molecule has 11 nitrogen and oxygen atoms in total. The predicted molar refractivity (Wildman–Crippen MR) is 218 cm³/mol. The number of hydrogen-bond acceptors (Lipinski definition) is 11. The number of nitrogens with zero attached hydrogens (tertiary/aromatic N) is 6. The van der Waals surface area contributed by atoms with E-state index in [1.54, 1.807) is 43.1 Å². The smallest absolute Gasteiger partial charge is 1.00 e. The largest absolute Gasteiger partial charge is 1.00 e. The molecule has 0 saturated carbocycles. The van der Waals surface area contributed by atoms with Crippen molar-refractivity contribution in [3.05, 3.63) is 95.1 Å². The van der Waals surface area contributed by atoms with Gasteiger partial charge in [0.1, 0.15) is 29.1 Å². The molecule has 0 bridgehead atoms. The van der Waals surface area contributed by atoms with Crippen molar-refractivity contribution in [1.29, 1.82) is 0 Å². The summed E-state index contributed by atoms with van der Waals surface area (Å²) in [6.45, 7) is 4.01. The van der Waals surface area contributed by atoms with Crippen molar-refractivity contribution < 1.29 is 164 Å². The van der Waals surface area contributed by atoms with Crippen molar-refractivity contribution in [2.45, 2.75) is 13.8 Å². The number of aryl methyl sites for hydroxylation is 2. The molecule has 6 heterocycles. The summed E-state index contributed by atoms with van der Waals surface area (Å²) in [6.07, 6.45) is 19.6. The second-order valence-electron chi connectivity index (χ2n) is 8.96. The van der Waals surface area contributed by atoms with Crippen molar-refractivity contribution in [3.8, 4) is 36.2 Å². The zero-order chi connectivity index (χ0) is 38.2. The van der Waals surface area contributed by atoms with Crippen LogP contribution in [-0.4, -0.2) is 56.6 Å². The minimum atomic E-state index is -0.181. The maximum atomic E-state index is 9.10. The number of terminal acetylenes is 2. The molecule has 0 spiro atoms. The van der Waals surface area contributed by atoms with Gasteiger partial charge in [-0.3, -0.25) is 19.7 Å². The fourth-order valence-electron chi connectivity index (χ4n) is 3.53. The van der Waals surface area contributed by atoms with Crippen molar-refractivity contribution in [2.24, 2.45) is 0 Å². The number of ether oxygens (including phenoxy) is 1. The van der Waals surface area contributed by atoms with Crippen LogP contribution in [0.3, 0.4) is 0 Å². The Bertz CT molecular complexity index is 2010. The van der Waals surface area contributed by atoms with E-state index in [0.717, 1.165) is 38.4 Å². The Morgan fingerprint density at radius 3 is 1.77 bits per heavy atom. The number of aromatic nitrogens is 6. The zero-order valence-electron chi connectivity index (χ0n) is 29.7. The third-order valence-corrected chi connectivity index (χ3v) is 6.30. The van der Waals surface area contributed by atoms with Crippen LogP contribution in [0.5, 0.6) is 11.5 Å². The molecule has 6 aromatic rings. The Morgan fingerprint density at radius 1 is 0.830 bits per heavy atom. The molecule has 0 saturated heterocycles. The number of carbonyl (C=O) groups is 1. The van der Waals surface area contributed by atoms with Gasteiger partial charge < -0.3 is 21.4 Å². The third kappa shape index (κ3) is 23.5. The monoisotopic (exact) mass is 1250 g/mol. The van der Waals surface area contributed by atoms with E-state index in [4.69, 9.17) is 55.9 Å². The first-order valence-electron chi connectivity index (χ1n) is 13.8. The van der Waals surface area contributed by atoms with Crippen molar-refractivity contribution in [3.63, 3.8) is 0 Å². The summed E-state index contributed by atoms with van der Waals surface area (Å²) < 4.78 is 5.55. The maximum absolute atomic E-state index is 9.10. The van der Waals surface area contributed by atoms with Gasteiger partial charge in [-0.1, -0.05) is 51.0 Å². The summed E-state index contributed by atoms with van der Waals surface area (Å²) in [7, 11) is 0. The minimum Gasteiger partial charge on any atom is -1.00 e. The second-order valence-corrected chi connectivity index (χ2v) is 16.7. The fraction of sp³-hybridized carbons (Fsp3) is 0.121. The van der Waals surface area contributed by atoms with Crippen LogP contribution in [0.15, 0.2) is 73.6 Å². The van der Waals surface area contributed by atoms with Crippen LogP contribution in [0.2, 0.25) is 10.3 Å². The van der Waals surface area contributed by atoms with Gasteiger partial charge in [0.2, 0.25) is 0 Å². The quantitative estimate of drug-likeness (QED) is 0.0528. The molecule has 6 rings (SSSR count). The summed E-state index contributed by atoms with van der Waals surface area (Å²) in [6, 6.07) is 11.1. The fourth-order valence-corrected chi connectivity index (χ4v) is 3.96. The molecule has 6 aromatic heterocycles. The van der Waals surface area contributed by atoms with Crippen LogP contribution < -0.4 is 148 Å². The molecule has 53 heavy (non-hydrogen) atoms. The molecule has 1 N–H and O–H groups in total. The van der Waals surface area contributed by atoms with E-state index in [-0.39, 0.29) is 161 Å². The Morgan fingerprint density at radius 2 is 1.28 bits per heavy atom. The van der Waals surface area contributed by atoms with Crippen LogP contribution in [0.4, 0.5) is 0 Å². The Hall–Kier alpha value is 0.499. The molecule has 0 amide bonds. The minimum absolute atomic E-state index is 0. The first-order chi connectivity index (χ1) is 24.4. The molecule has 0 unspecified atom stereocenters. The Balaban J connectivity index is -0.000000617. The molecule has 0 aliphatic carbocycles. The molecule has 20 heteroatoms. The van der Waals surface area contributed by atoms with E-state index in [1.165, 1.54) is 6.20 Å². The second kappa shape index (κ2) is 33.5. The van der Waals surface area contributed by atoms with Crippen molar-refractivity contribution in [1.82, 2.24) is 29.9 Å². The summed E-state index contributed by atoms with van der Waals surface area (Å²) >= 11 is 23.9. The number of carbonyl (C=O) groups excluding carboxylic acids is 1. The van der Waals surface area contributed by atoms with Crippen LogP contribution in [-0.2, 0) is 9.68 Å². The van der Waals surface area contributed by atoms with Crippen LogP contribution in [0.25, 0.3) is 32.7 Å². The first-order valence-corrected chi connectivity index (χ1v) is 18.4.